The maximum atomic E-state index is 12.2. The number of carbonyl (C=O) groups is 1. The first-order valence-electron chi connectivity index (χ1n) is 6.79. The zero-order valence-electron chi connectivity index (χ0n) is 11.4. The second-order valence-electron chi connectivity index (χ2n) is 5.00. The minimum atomic E-state index is -0.102. The average Bonchev–Trinajstić information content (AvgIpc) is 3.05. The molecule has 1 aliphatic rings. The van der Waals surface area contributed by atoms with Crippen molar-refractivity contribution in [3.05, 3.63) is 45.4 Å². The highest BCUT2D eigenvalue weighted by atomic mass is 32.1. The summed E-state index contributed by atoms with van der Waals surface area (Å²) in [7, 11) is 1.94. The van der Waals surface area contributed by atoms with Crippen LogP contribution in [-0.4, -0.2) is 16.7 Å². The molecule has 5 heteroatoms. The molecule has 2 aromatic rings. The molecular weight excluding hydrogens is 270 g/mol. The van der Waals surface area contributed by atoms with E-state index in [1.165, 1.54) is 23.3 Å². The van der Waals surface area contributed by atoms with Crippen LogP contribution in [-0.2, 0) is 19.9 Å². The third-order valence-electron chi connectivity index (χ3n) is 3.65. The predicted octanol–water partition coefficient (Wildman–Crippen LogP) is 2.73. The Hall–Kier alpha value is -1.88. The van der Waals surface area contributed by atoms with Crippen LogP contribution in [0.4, 0.5) is 0 Å². The highest BCUT2D eigenvalue weighted by Crippen LogP contribution is 2.30. The smallest absolute Gasteiger partial charge is 0.272 e. The molecule has 0 bridgehead atoms. The number of fused-ring (bicyclic) bond motifs is 1. The van der Waals surface area contributed by atoms with Crippen LogP contribution in [0.5, 0.6) is 0 Å². The Labute approximate surface area is 122 Å². The molecule has 0 fully saturated rings. The number of aryl methyl sites for hydroxylation is 2. The molecule has 0 aliphatic heterocycles. The molecule has 0 atom stereocenters. The first-order chi connectivity index (χ1) is 9.75. The number of rotatable bonds is 3. The van der Waals surface area contributed by atoms with Crippen LogP contribution in [0.3, 0.4) is 0 Å². The number of nitrogens with zero attached hydrogens (tertiary/aromatic N) is 2. The highest BCUT2D eigenvalue weighted by Gasteiger charge is 2.19. The van der Waals surface area contributed by atoms with E-state index in [9.17, 15) is 4.79 Å². The van der Waals surface area contributed by atoms with Crippen molar-refractivity contribution < 1.29 is 4.79 Å². The third-order valence-corrected chi connectivity index (χ3v) is 4.74. The Morgan fingerprint density at radius 1 is 1.45 bits per heavy atom. The first-order valence-corrected chi connectivity index (χ1v) is 7.67. The van der Waals surface area contributed by atoms with Crippen LogP contribution in [0.1, 0.15) is 39.3 Å². The molecule has 3 rings (SSSR count). The Morgan fingerprint density at radius 2 is 2.30 bits per heavy atom. The third kappa shape index (κ3) is 2.54. The molecule has 0 saturated carbocycles. The van der Waals surface area contributed by atoms with Gasteiger partial charge in [0.25, 0.3) is 5.91 Å². The lowest BCUT2D eigenvalue weighted by molar-refractivity contribution is 0.0954. The summed E-state index contributed by atoms with van der Waals surface area (Å²) in [5.41, 5.74) is 5.61. The quantitative estimate of drug-likeness (QED) is 0.685. The van der Waals surface area contributed by atoms with E-state index in [0.717, 1.165) is 24.1 Å². The molecule has 1 N–H and O–H groups in total. The summed E-state index contributed by atoms with van der Waals surface area (Å²) in [6.45, 7) is 0. The van der Waals surface area contributed by atoms with Crippen molar-refractivity contribution in [2.24, 2.45) is 12.1 Å². The normalized spacial score (nSPS) is 14.4. The number of amides is 1. The number of aromatic nitrogens is 1. The van der Waals surface area contributed by atoms with Gasteiger partial charge >= 0.3 is 0 Å². The Bertz CT molecular complexity index is 654. The zero-order valence-corrected chi connectivity index (χ0v) is 12.2. The van der Waals surface area contributed by atoms with Gasteiger partial charge < -0.3 is 4.57 Å². The maximum absolute atomic E-state index is 12.2. The summed E-state index contributed by atoms with van der Waals surface area (Å²) >= 11 is 1.70. The van der Waals surface area contributed by atoms with Crippen LogP contribution >= 0.6 is 11.3 Å². The molecule has 0 saturated heterocycles. The van der Waals surface area contributed by atoms with Gasteiger partial charge in [0.1, 0.15) is 0 Å². The fourth-order valence-electron chi connectivity index (χ4n) is 2.51. The van der Waals surface area contributed by atoms with E-state index in [-0.39, 0.29) is 5.91 Å². The van der Waals surface area contributed by atoms with Gasteiger partial charge in [-0.2, -0.15) is 5.10 Å². The fourth-order valence-corrected chi connectivity index (χ4v) is 3.64. The van der Waals surface area contributed by atoms with E-state index in [1.807, 2.05) is 35.3 Å². The second-order valence-corrected chi connectivity index (χ2v) is 5.97. The number of hydrogen-bond acceptors (Lipinski definition) is 3. The molecule has 1 amide bonds. The monoisotopic (exact) mass is 287 g/mol. The maximum Gasteiger partial charge on any atom is 0.272 e. The number of hydrogen-bond donors (Lipinski definition) is 1. The number of thiophene rings is 1. The molecule has 0 aromatic carbocycles. The number of hydrazone groups is 1. The topological polar surface area (TPSA) is 46.4 Å². The van der Waals surface area contributed by atoms with Crippen LogP contribution in [0, 0.1) is 0 Å². The summed E-state index contributed by atoms with van der Waals surface area (Å²) in [6, 6.07) is 3.89. The first kappa shape index (κ1) is 13.1. The second kappa shape index (κ2) is 5.63. The zero-order chi connectivity index (χ0) is 13.9. The largest absolute Gasteiger partial charge is 0.350 e. The van der Waals surface area contributed by atoms with Gasteiger partial charge in [0.15, 0.2) is 0 Å². The molecule has 1 aliphatic carbocycles. The minimum absolute atomic E-state index is 0.102. The van der Waals surface area contributed by atoms with E-state index in [2.05, 4.69) is 10.5 Å². The van der Waals surface area contributed by atoms with Gasteiger partial charge in [0, 0.05) is 23.5 Å². The summed E-state index contributed by atoms with van der Waals surface area (Å²) in [4.78, 5) is 13.5. The van der Waals surface area contributed by atoms with Crippen molar-refractivity contribution in [1.82, 2.24) is 9.99 Å². The predicted molar refractivity (Wildman–Crippen MR) is 81.4 cm³/mol. The van der Waals surface area contributed by atoms with Crippen molar-refractivity contribution >= 4 is 23.5 Å². The summed E-state index contributed by atoms with van der Waals surface area (Å²) in [6.07, 6.45) is 8.15. The molecule has 4 nitrogen and oxygen atoms in total. The van der Waals surface area contributed by atoms with Crippen LogP contribution < -0.4 is 5.43 Å². The molecule has 20 heavy (non-hydrogen) atoms. The van der Waals surface area contributed by atoms with Crippen molar-refractivity contribution in [2.75, 3.05) is 0 Å². The van der Waals surface area contributed by atoms with Gasteiger partial charge in [-0.3, -0.25) is 4.79 Å². The van der Waals surface area contributed by atoms with Crippen LogP contribution in [0.2, 0.25) is 0 Å². The van der Waals surface area contributed by atoms with E-state index in [4.69, 9.17) is 0 Å². The minimum Gasteiger partial charge on any atom is -0.350 e. The van der Waals surface area contributed by atoms with E-state index < -0.39 is 0 Å². The number of nitrogens with one attached hydrogen (secondary N) is 1. The molecule has 0 unspecified atom stereocenters. The molecule has 2 aromatic heterocycles. The van der Waals surface area contributed by atoms with Gasteiger partial charge in [-0.25, -0.2) is 5.43 Å². The van der Waals surface area contributed by atoms with E-state index in [1.54, 1.807) is 17.6 Å². The van der Waals surface area contributed by atoms with Gasteiger partial charge in [0.05, 0.1) is 17.5 Å². The van der Waals surface area contributed by atoms with Crippen molar-refractivity contribution in [3.63, 3.8) is 0 Å². The van der Waals surface area contributed by atoms with Gasteiger partial charge in [-0.05, 0) is 43.4 Å². The molecular formula is C15H17N3OS. The molecule has 0 radical (unpaired) electrons. The highest BCUT2D eigenvalue weighted by molar-refractivity contribution is 7.10. The molecule has 2 heterocycles. The van der Waals surface area contributed by atoms with E-state index >= 15 is 0 Å². The lowest BCUT2D eigenvalue weighted by atomic mass is 9.96. The summed E-state index contributed by atoms with van der Waals surface area (Å²) < 4.78 is 1.95. The van der Waals surface area contributed by atoms with Gasteiger partial charge in [-0.15, -0.1) is 11.3 Å². The fraction of sp³-hybridized carbons (Fsp3) is 0.333. The standard InChI is InChI=1S/C15H17N3OS/c1-18-8-4-5-11(18)9-16-17-15(19)13-10-20-14-7-3-2-6-12(13)14/h4-5,8-10H,2-3,6-7H2,1H3,(H,17,19)/b16-9-. The molecule has 104 valence electrons. The molecule has 0 spiro atoms. The average molecular weight is 287 g/mol. The SMILES string of the molecule is Cn1cccc1/C=N\NC(=O)c1csc2c1CCCC2. The van der Waals surface area contributed by atoms with Gasteiger partial charge in [-0.1, -0.05) is 0 Å². The van der Waals surface area contributed by atoms with Crippen molar-refractivity contribution in [3.8, 4) is 0 Å². The summed E-state index contributed by atoms with van der Waals surface area (Å²) in [5, 5.41) is 6.00. The van der Waals surface area contributed by atoms with Crippen molar-refractivity contribution in [1.29, 1.82) is 0 Å². The Morgan fingerprint density at radius 3 is 3.10 bits per heavy atom. The Kier molecular flexibility index (Phi) is 3.69. The Balaban J connectivity index is 1.69. The lowest BCUT2D eigenvalue weighted by Gasteiger charge is -2.11. The van der Waals surface area contributed by atoms with Crippen molar-refractivity contribution in [2.45, 2.75) is 25.7 Å². The summed E-state index contributed by atoms with van der Waals surface area (Å²) in [5.74, 6) is -0.102. The number of carbonyl (C=O) groups excluding carboxylic acids is 1. The van der Waals surface area contributed by atoms with Gasteiger partial charge in [0.2, 0.25) is 0 Å². The van der Waals surface area contributed by atoms with E-state index in [0.29, 0.717) is 0 Å². The van der Waals surface area contributed by atoms with Crippen LogP contribution in [0.15, 0.2) is 28.8 Å². The lowest BCUT2D eigenvalue weighted by Crippen LogP contribution is -2.19. The van der Waals surface area contributed by atoms with Crippen LogP contribution in [0.25, 0.3) is 0 Å².